The van der Waals surface area contributed by atoms with E-state index in [0.717, 1.165) is 0 Å². The molecule has 0 bridgehead atoms. The molecule has 0 aliphatic rings. The standard InChI is InChI=1S/C15H13ClF2O.C2H6/c16-8-7-15(11-3-1-4-12(17)9-11)19-14-6-2-5-13(18)10-14;1-2/h1-6,9-10,15H,7-8H2;1-2H3. The van der Waals surface area contributed by atoms with Gasteiger partial charge in [-0.25, -0.2) is 8.78 Å². The molecule has 1 atom stereocenters. The lowest BCUT2D eigenvalue weighted by molar-refractivity contribution is 0.201. The molecule has 0 spiro atoms. The summed E-state index contributed by atoms with van der Waals surface area (Å²) in [5, 5.41) is 0. The lowest BCUT2D eigenvalue weighted by Gasteiger charge is -2.18. The van der Waals surface area contributed by atoms with Gasteiger partial charge in [0.05, 0.1) is 0 Å². The first kappa shape index (κ1) is 17.4. The van der Waals surface area contributed by atoms with Crippen molar-refractivity contribution in [1.29, 1.82) is 0 Å². The van der Waals surface area contributed by atoms with Crippen LogP contribution in [0.4, 0.5) is 8.78 Å². The zero-order chi connectivity index (χ0) is 15.7. The van der Waals surface area contributed by atoms with Gasteiger partial charge in [0, 0.05) is 18.4 Å². The van der Waals surface area contributed by atoms with Gasteiger partial charge >= 0.3 is 0 Å². The van der Waals surface area contributed by atoms with E-state index in [2.05, 4.69) is 0 Å². The maximum Gasteiger partial charge on any atom is 0.126 e. The van der Waals surface area contributed by atoms with Gasteiger partial charge in [-0.3, -0.25) is 0 Å². The topological polar surface area (TPSA) is 9.23 Å². The van der Waals surface area contributed by atoms with E-state index in [9.17, 15) is 8.78 Å². The van der Waals surface area contributed by atoms with Crippen LogP contribution in [-0.4, -0.2) is 5.88 Å². The molecule has 1 nitrogen and oxygen atoms in total. The summed E-state index contributed by atoms with van der Waals surface area (Å²) in [4.78, 5) is 0. The maximum absolute atomic E-state index is 13.2. The highest BCUT2D eigenvalue weighted by molar-refractivity contribution is 6.17. The Morgan fingerprint density at radius 1 is 1.00 bits per heavy atom. The average Bonchev–Trinajstić information content (AvgIpc) is 2.49. The Hall–Kier alpha value is -1.61. The number of hydrogen-bond donors (Lipinski definition) is 0. The molecular formula is C17H19ClF2O. The number of rotatable bonds is 5. The second kappa shape index (κ2) is 9.35. The molecule has 2 aromatic rings. The van der Waals surface area contributed by atoms with E-state index in [1.807, 2.05) is 13.8 Å². The highest BCUT2D eigenvalue weighted by Gasteiger charge is 2.14. The Morgan fingerprint density at radius 2 is 1.62 bits per heavy atom. The average molecular weight is 313 g/mol. The summed E-state index contributed by atoms with van der Waals surface area (Å²) in [6.07, 6.45) is 0.122. The van der Waals surface area contributed by atoms with E-state index in [1.165, 1.54) is 24.3 Å². The summed E-state index contributed by atoms with van der Waals surface area (Å²) in [6, 6.07) is 12.0. The Balaban J connectivity index is 0.00000106. The monoisotopic (exact) mass is 312 g/mol. The maximum atomic E-state index is 13.2. The Labute approximate surface area is 129 Å². The quantitative estimate of drug-likeness (QED) is 0.640. The molecule has 0 saturated heterocycles. The summed E-state index contributed by atoms with van der Waals surface area (Å²) in [6.45, 7) is 4.00. The van der Waals surface area contributed by atoms with Crippen LogP contribution in [-0.2, 0) is 0 Å². The van der Waals surface area contributed by atoms with Gasteiger partial charge in [-0.1, -0.05) is 32.0 Å². The van der Waals surface area contributed by atoms with Gasteiger partial charge in [0.1, 0.15) is 23.5 Å². The summed E-state index contributed by atoms with van der Waals surface area (Å²) >= 11 is 5.74. The number of ether oxygens (including phenoxy) is 1. The second-order valence-electron chi connectivity index (χ2n) is 4.10. The van der Waals surface area contributed by atoms with E-state index in [0.29, 0.717) is 23.6 Å². The molecule has 2 rings (SSSR count). The van der Waals surface area contributed by atoms with Crippen LogP contribution < -0.4 is 4.74 Å². The van der Waals surface area contributed by atoms with Gasteiger partial charge in [-0.15, -0.1) is 11.6 Å². The molecule has 0 fully saturated rings. The summed E-state index contributed by atoms with van der Waals surface area (Å²) in [5.74, 6) is 0.0666. The van der Waals surface area contributed by atoms with Gasteiger partial charge in [0.15, 0.2) is 0 Å². The van der Waals surface area contributed by atoms with Crippen LogP contribution in [0, 0.1) is 11.6 Å². The van der Waals surface area contributed by atoms with Crippen molar-refractivity contribution in [3.05, 3.63) is 65.7 Å². The molecule has 0 aromatic heterocycles. The van der Waals surface area contributed by atoms with Crippen molar-refractivity contribution in [3.8, 4) is 5.75 Å². The molecule has 0 saturated carbocycles. The fraction of sp³-hybridized carbons (Fsp3) is 0.294. The fourth-order valence-corrected chi connectivity index (χ4v) is 2.00. The Bertz CT molecular complexity index is 546. The lowest BCUT2D eigenvalue weighted by atomic mass is 10.1. The number of benzene rings is 2. The Kier molecular flexibility index (Phi) is 7.76. The minimum Gasteiger partial charge on any atom is -0.486 e. The zero-order valence-electron chi connectivity index (χ0n) is 12.2. The molecule has 2 aromatic carbocycles. The Morgan fingerprint density at radius 3 is 2.19 bits per heavy atom. The van der Waals surface area contributed by atoms with Crippen LogP contribution in [0.3, 0.4) is 0 Å². The third-order valence-electron chi connectivity index (χ3n) is 2.67. The molecule has 1 unspecified atom stereocenters. The van der Waals surface area contributed by atoms with Crippen molar-refractivity contribution in [2.45, 2.75) is 26.4 Å². The third kappa shape index (κ3) is 5.72. The predicted octanol–water partition coefficient (Wildman–Crippen LogP) is 5.74. The van der Waals surface area contributed by atoms with Crippen molar-refractivity contribution in [3.63, 3.8) is 0 Å². The van der Waals surface area contributed by atoms with E-state index >= 15 is 0 Å². The van der Waals surface area contributed by atoms with Crippen molar-refractivity contribution < 1.29 is 13.5 Å². The highest BCUT2D eigenvalue weighted by atomic mass is 35.5. The van der Waals surface area contributed by atoms with Gasteiger partial charge in [0.2, 0.25) is 0 Å². The first-order valence-corrected chi connectivity index (χ1v) is 7.46. The van der Waals surface area contributed by atoms with Crippen LogP contribution in [0.25, 0.3) is 0 Å². The fourth-order valence-electron chi connectivity index (χ4n) is 1.80. The first-order chi connectivity index (χ1) is 10.2. The summed E-state index contributed by atoms with van der Waals surface area (Å²) in [7, 11) is 0. The van der Waals surface area contributed by atoms with E-state index < -0.39 is 6.10 Å². The van der Waals surface area contributed by atoms with Crippen LogP contribution >= 0.6 is 11.6 Å². The largest absolute Gasteiger partial charge is 0.486 e. The van der Waals surface area contributed by atoms with Gasteiger partial charge in [0.25, 0.3) is 0 Å². The van der Waals surface area contributed by atoms with Crippen molar-refractivity contribution in [2.75, 3.05) is 5.88 Å². The van der Waals surface area contributed by atoms with Crippen molar-refractivity contribution >= 4 is 11.6 Å². The van der Waals surface area contributed by atoms with Crippen molar-refractivity contribution in [1.82, 2.24) is 0 Å². The van der Waals surface area contributed by atoms with Crippen LogP contribution in [0.15, 0.2) is 48.5 Å². The minimum absolute atomic E-state index is 0.333. The predicted molar refractivity (Wildman–Crippen MR) is 82.9 cm³/mol. The molecular weight excluding hydrogens is 294 g/mol. The smallest absolute Gasteiger partial charge is 0.126 e. The molecule has 114 valence electrons. The second-order valence-corrected chi connectivity index (χ2v) is 4.47. The normalized spacial score (nSPS) is 11.3. The van der Waals surface area contributed by atoms with Crippen LogP contribution in [0.5, 0.6) is 5.75 Å². The molecule has 0 N–H and O–H groups in total. The number of alkyl halides is 1. The van der Waals surface area contributed by atoms with Gasteiger partial charge in [-0.05, 0) is 29.8 Å². The molecule has 0 radical (unpaired) electrons. The van der Waals surface area contributed by atoms with Crippen molar-refractivity contribution in [2.24, 2.45) is 0 Å². The molecule has 21 heavy (non-hydrogen) atoms. The molecule has 0 aliphatic carbocycles. The van der Waals surface area contributed by atoms with Gasteiger partial charge < -0.3 is 4.74 Å². The minimum atomic E-state index is -0.394. The molecule has 0 aliphatic heterocycles. The van der Waals surface area contributed by atoms with E-state index in [1.54, 1.807) is 24.3 Å². The lowest BCUT2D eigenvalue weighted by Crippen LogP contribution is -2.09. The number of hydrogen-bond acceptors (Lipinski definition) is 1. The van der Waals surface area contributed by atoms with Crippen LogP contribution in [0.1, 0.15) is 31.9 Å². The third-order valence-corrected chi connectivity index (χ3v) is 2.88. The van der Waals surface area contributed by atoms with E-state index in [-0.39, 0.29) is 11.6 Å². The molecule has 0 heterocycles. The van der Waals surface area contributed by atoms with E-state index in [4.69, 9.17) is 16.3 Å². The number of halogens is 3. The van der Waals surface area contributed by atoms with Crippen LogP contribution in [0.2, 0.25) is 0 Å². The summed E-state index contributed by atoms with van der Waals surface area (Å²) < 4.78 is 32.0. The van der Waals surface area contributed by atoms with Gasteiger partial charge in [-0.2, -0.15) is 0 Å². The molecule has 4 heteroatoms. The SMILES string of the molecule is CC.Fc1cccc(OC(CCCl)c2cccc(F)c2)c1. The first-order valence-electron chi connectivity index (χ1n) is 6.92. The zero-order valence-corrected chi connectivity index (χ0v) is 12.9. The molecule has 0 amide bonds. The summed E-state index contributed by atoms with van der Waals surface area (Å²) in [5.41, 5.74) is 0.685. The highest BCUT2D eigenvalue weighted by Crippen LogP contribution is 2.26.